The van der Waals surface area contributed by atoms with Crippen LogP contribution >= 0.6 is 0 Å². The molecule has 4 rings (SSSR count). The average molecular weight is 625 g/mol. The van der Waals surface area contributed by atoms with Crippen LogP contribution in [0.1, 0.15) is 81.1 Å². The van der Waals surface area contributed by atoms with E-state index >= 15 is 0 Å². The second-order valence-corrected chi connectivity index (χ2v) is 15.8. The molecule has 4 aliphatic heterocycles. The summed E-state index contributed by atoms with van der Waals surface area (Å²) in [5, 5.41) is 33.8. The molecule has 0 aromatic heterocycles. The van der Waals surface area contributed by atoms with Crippen molar-refractivity contribution >= 4 is 23.9 Å². The van der Waals surface area contributed by atoms with Crippen molar-refractivity contribution in [3.8, 4) is 0 Å². The quantitative estimate of drug-likeness (QED) is 0.137. The fraction of sp³-hybridized carbons (Fsp3) is 0.867. The van der Waals surface area contributed by atoms with Gasteiger partial charge in [-0.25, -0.2) is 9.59 Å². The number of imide groups is 2. The number of hydrogen-bond acceptors (Lipinski definition) is 10. The van der Waals surface area contributed by atoms with Crippen LogP contribution in [-0.4, -0.2) is 129 Å². The number of amides is 6. The molecular weight excluding hydrogens is 572 g/mol. The SMILES string of the molecule is CC1(C)CC2(CC(C)(C)N1)NC(=O)N(CC(O)COCCOCC(O)CN1C(=O)NC3(CC(C)(C)NC(C)(C)C3)C1=O)C2=O. The van der Waals surface area contributed by atoms with Crippen LogP contribution in [0.3, 0.4) is 0 Å². The molecule has 2 atom stereocenters. The Bertz CT molecular complexity index is 1030. The summed E-state index contributed by atoms with van der Waals surface area (Å²) in [6.45, 7) is 15.5. The summed E-state index contributed by atoms with van der Waals surface area (Å²) >= 11 is 0. The highest BCUT2D eigenvalue weighted by Gasteiger charge is 2.60. The Morgan fingerprint density at radius 3 is 1.20 bits per heavy atom. The topological polar surface area (TPSA) is 182 Å². The van der Waals surface area contributed by atoms with Gasteiger partial charge in [-0.2, -0.15) is 0 Å². The van der Waals surface area contributed by atoms with Crippen molar-refractivity contribution in [1.29, 1.82) is 0 Å². The number of ether oxygens (including phenoxy) is 2. The average Bonchev–Trinajstić information content (AvgIpc) is 3.15. The van der Waals surface area contributed by atoms with E-state index in [0.717, 1.165) is 9.80 Å². The van der Waals surface area contributed by atoms with E-state index in [-0.39, 0.29) is 73.5 Å². The maximum atomic E-state index is 13.4. The molecule has 250 valence electrons. The lowest BCUT2D eigenvalue weighted by atomic mass is 9.71. The van der Waals surface area contributed by atoms with E-state index in [0.29, 0.717) is 25.7 Å². The minimum atomic E-state index is -1.09. The smallest absolute Gasteiger partial charge is 0.325 e. The van der Waals surface area contributed by atoms with Gasteiger partial charge in [0.1, 0.15) is 11.1 Å². The Kier molecular flexibility index (Phi) is 9.24. The first-order chi connectivity index (χ1) is 20.1. The van der Waals surface area contributed by atoms with E-state index in [9.17, 15) is 29.4 Å². The second kappa shape index (κ2) is 11.8. The van der Waals surface area contributed by atoms with Crippen molar-refractivity contribution in [3.05, 3.63) is 0 Å². The van der Waals surface area contributed by atoms with Crippen molar-refractivity contribution < 1.29 is 38.9 Å². The number of carbonyl (C=O) groups is 4. The molecule has 14 nitrogen and oxygen atoms in total. The fourth-order valence-electron chi connectivity index (χ4n) is 8.40. The summed E-state index contributed by atoms with van der Waals surface area (Å²) in [6.07, 6.45) is -0.441. The molecule has 4 aliphatic rings. The van der Waals surface area contributed by atoms with Gasteiger partial charge >= 0.3 is 12.1 Å². The highest BCUT2D eigenvalue weighted by atomic mass is 16.5. The number of rotatable bonds is 11. The summed E-state index contributed by atoms with van der Waals surface area (Å²) in [4.78, 5) is 54.3. The highest BCUT2D eigenvalue weighted by molar-refractivity contribution is 6.08. The molecule has 2 unspecified atom stereocenters. The van der Waals surface area contributed by atoms with Gasteiger partial charge in [0.05, 0.1) is 51.7 Å². The van der Waals surface area contributed by atoms with Gasteiger partial charge in [-0.3, -0.25) is 19.4 Å². The van der Waals surface area contributed by atoms with Gasteiger partial charge in [0.15, 0.2) is 0 Å². The zero-order valence-electron chi connectivity index (χ0n) is 27.5. The highest BCUT2D eigenvalue weighted by Crippen LogP contribution is 2.41. The van der Waals surface area contributed by atoms with Gasteiger partial charge in [-0.15, -0.1) is 0 Å². The molecular formula is C30H52N6O8. The maximum Gasteiger partial charge on any atom is 0.325 e. The number of aliphatic hydroxyl groups excluding tert-OH is 2. The number of nitrogens with one attached hydrogen (secondary N) is 4. The molecule has 0 aromatic rings. The summed E-state index contributed by atoms with van der Waals surface area (Å²) in [5.41, 5.74) is -3.50. The van der Waals surface area contributed by atoms with Crippen LogP contribution in [0.25, 0.3) is 0 Å². The first-order valence-electron chi connectivity index (χ1n) is 15.5. The molecule has 0 radical (unpaired) electrons. The van der Waals surface area contributed by atoms with Crippen LogP contribution < -0.4 is 21.3 Å². The first-order valence-corrected chi connectivity index (χ1v) is 15.5. The summed E-state index contributed by atoms with van der Waals surface area (Å²) in [7, 11) is 0. The Labute approximate surface area is 259 Å². The minimum absolute atomic E-state index is 0.0886. The maximum absolute atomic E-state index is 13.4. The molecule has 4 fully saturated rings. The lowest BCUT2D eigenvalue weighted by molar-refractivity contribution is -0.136. The molecule has 0 aromatic carbocycles. The minimum Gasteiger partial charge on any atom is -0.389 e. The van der Waals surface area contributed by atoms with Crippen LogP contribution in [0, 0.1) is 0 Å². The third kappa shape index (κ3) is 7.53. The Balaban J connectivity index is 1.17. The van der Waals surface area contributed by atoms with Gasteiger partial charge in [0.25, 0.3) is 11.8 Å². The normalized spacial score (nSPS) is 27.5. The number of carbonyl (C=O) groups excluding carboxylic acids is 4. The standard InChI is InChI=1S/C30H52N6O8/c1-25(2)15-29(16-26(3,4)33-25)21(39)35(23(41)31-29)11-19(37)13-43-9-10-44-14-20(38)12-36-22(40)30(32-24(36)42)17-27(5,6)34-28(7,8)18-30/h19-20,33-34,37-38H,9-18H2,1-8H3,(H,31,41)(H,32,42). The van der Waals surface area contributed by atoms with Gasteiger partial charge in [0.2, 0.25) is 0 Å². The number of β-amino-alcohol motifs (C(OH)–C–C–N with tert-alkyl or cyclic N) is 2. The predicted octanol–water partition coefficient (Wildman–Crippen LogP) is 0.204. The Morgan fingerprint density at radius 2 is 0.909 bits per heavy atom. The lowest BCUT2D eigenvalue weighted by Gasteiger charge is -2.50. The van der Waals surface area contributed by atoms with Crippen molar-refractivity contribution in [2.24, 2.45) is 0 Å². The monoisotopic (exact) mass is 624 g/mol. The van der Waals surface area contributed by atoms with Crippen LogP contribution in [-0.2, 0) is 19.1 Å². The van der Waals surface area contributed by atoms with Crippen LogP contribution in [0.2, 0.25) is 0 Å². The van der Waals surface area contributed by atoms with Gasteiger partial charge in [0, 0.05) is 22.2 Å². The zero-order valence-corrected chi connectivity index (χ0v) is 27.5. The number of aliphatic hydroxyl groups is 2. The molecule has 0 aliphatic carbocycles. The van der Waals surface area contributed by atoms with Crippen LogP contribution in [0.15, 0.2) is 0 Å². The third-order valence-corrected chi connectivity index (χ3v) is 8.60. The third-order valence-electron chi connectivity index (χ3n) is 8.60. The molecule has 4 saturated heterocycles. The molecule has 0 saturated carbocycles. The number of urea groups is 2. The van der Waals surface area contributed by atoms with E-state index in [1.54, 1.807) is 0 Å². The van der Waals surface area contributed by atoms with Crippen LogP contribution in [0.5, 0.6) is 0 Å². The summed E-state index contributed by atoms with van der Waals surface area (Å²) in [5.74, 6) is -0.685. The lowest BCUT2D eigenvalue weighted by Crippen LogP contribution is -2.68. The first kappa shape index (κ1) is 34.5. The van der Waals surface area contributed by atoms with Gasteiger partial charge in [-0.05, 0) is 81.1 Å². The van der Waals surface area contributed by atoms with Gasteiger partial charge < -0.3 is 41.0 Å². The predicted molar refractivity (Wildman–Crippen MR) is 161 cm³/mol. The van der Waals surface area contributed by atoms with E-state index < -0.39 is 35.3 Å². The molecule has 44 heavy (non-hydrogen) atoms. The van der Waals surface area contributed by atoms with Crippen molar-refractivity contribution in [1.82, 2.24) is 31.1 Å². The Hall–Kier alpha value is -2.36. The van der Waals surface area contributed by atoms with Crippen molar-refractivity contribution in [3.63, 3.8) is 0 Å². The zero-order chi connectivity index (χ0) is 32.9. The largest absolute Gasteiger partial charge is 0.389 e. The summed E-state index contributed by atoms with van der Waals surface area (Å²) < 4.78 is 10.9. The molecule has 4 heterocycles. The fourth-order valence-corrected chi connectivity index (χ4v) is 8.40. The number of nitrogens with zero attached hydrogens (tertiary/aromatic N) is 2. The molecule has 6 N–H and O–H groups in total. The van der Waals surface area contributed by atoms with Crippen molar-refractivity contribution in [2.45, 2.75) is 127 Å². The number of hydrogen-bond donors (Lipinski definition) is 6. The van der Waals surface area contributed by atoms with Gasteiger partial charge in [-0.1, -0.05) is 0 Å². The van der Waals surface area contributed by atoms with E-state index in [1.807, 2.05) is 55.4 Å². The van der Waals surface area contributed by atoms with Crippen LogP contribution in [0.4, 0.5) is 9.59 Å². The molecule has 2 spiro atoms. The van der Waals surface area contributed by atoms with Crippen molar-refractivity contribution in [2.75, 3.05) is 39.5 Å². The Morgan fingerprint density at radius 1 is 0.614 bits per heavy atom. The van der Waals surface area contributed by atoms with E-state index in [2.05, 4.69) is 21.3 Å². The van der Waals surface area contributed by atoms with E-state index in [1.165, 1.54) is 0 Å². The molecule has 14 heteroatoms. The molecule has 0 bridgehead atoms. The number of piperidine rings is 2. The van der Waals surface area contributed by atoms with E-state index in [4.69, 9.17) is 9.47 Å². The second-order valence-electron chi connectivity index (χ2n) is 15.8. The molecule has 6 amide bonds. The summed E-state index contributed by atoms with van der Waals surface area (Å²) in [6, 6.07) is -1.05.